The number of nitrogens with one attached hydrogen (secondary N) is 2. The van der Waals surface area contributed by atoms with Crippen molar-refractivity contribution in [3.63, 3.8) is 0 Å². The Morgan fingerprint density at radius 1 is 1.31 bits per heavy atom. The molecule has 1 aromatic heterocycles. The molecule has 6 nitrogen and oxygen atoms in total. The molecule has 1 aromatic carbocycles. The molecule has 0 amide bonds. The van der Waals surface area contributed by atoms with Crippen molar-refractivity contribution >= 4 is 5.82 Å². The minimum absolute atomic E-state index is 0.0532. The number of hydrogen-bond acceptors (Lipinski definition) is 5. The molecule has 2 aromatic rings. The molecule has 0 radical (unpaired) electrons. The van der Waals surface area contributed by atoms with E-state index in [9.17, 15) is 10.1 Å². The zero-order valence-electron chi connectivity index (χ0n) is 15.0. The fourth-order valence-electron chi connectivity index (χ4n) is 3.38. The van der Waals surface area contributed by atoms with E-state index < -0.39 is 5.56 Å². The topological polar surface area (TPSA) is 90.8 Å². The van der Waals surface area contributed by atoms with Crippen molar-refractivity contribution < 1.29 is 4.74 Å². The lowest BCUT2D eigenvalue weighted by Crippen LogP contribution is -2.26. The van der Waals surface area contributed by atoms with Crippen LogP contribution < -0.4 is 15.6 Å². The Balaban J connectivity index is 1.89. The highest BCUT2D eigenvalue weighted by Crippen LogP contribution is 2.23. The molecular formula is C20H24N4O2. The monoisotopic (exact) mass is 352 g/mol. The number of H-pyrrole nitrogens is 1. The third-order valence-electron chi connectivity index (χ3n) is 4.66. The van der Waals surface area contributed by atoms with Crippen molar-refractivity contribution in [3.8, 4) is 11.8 Å². The van der Waals surface area contributed by atoms with Crippen LogP contribution in [-0.2, 0) is 6.42 Å². The fourth-order valence-corrected chi connectivity index (χ4v) is 3.38. The van der Waals surface area contributed by atoms with Gasteiger partial charge in [-0.05, 0) is 25.8 Å². The molecule has 0 aliphatic heterocycles. The quantitative estimate of drug-likeness (QED) is 0.832. The van der Waals surface area contributed by atoms with Crippen LogP contribution in [0.25, 0.3) is 0 Å². The summed E-state index contributed by atoms with van der Waals surface area (Å²) < 4.78 is 5.65. The SMILES string of the molecule is CCOc1ccccc1Cc1nc(NC2CCCCC2)c(C#N)c(=O)[nH]1. The first kappa shape index (κ1) is 18.0. The Hall–Kier alpha value is -2.81. The van der Waals surface area contributed by atoms with Gasteiger partial charge in [-0.1, -0.05) is 37.5 Å². The average molecular weight is 352 g/mol. The zero-order valence-corrected chi connectivity index (χ0v) is 15.0. The highest BCUT2D eigenvalue weighted by Gasteiger charge is 2.18. The van der Waals surface area contributed by atoms with Crippen LogP contribution in [-0.4, -0.2) is 22.6 Å². The summed E-state index contributed by atoms with van der Waals surface area (Å²) in [4.78, 5) is 19.6. The molecule has 0 unspecified atom stereocenters. The van der Waals surface area contributed by atoms with Gasteiger partial charge in [-0.2, -0.15) is 5.26 Å². The Bertz CT molecular complexity index is 848. The summed E-state index contributed by atoms with van der Waals surface area (Å²) in [5.74, 6) is 1.70. The largest absolute Gasteiger partial charge is 0.494 e. The molecular weight excluding hydrogens is 328 g/mol. The number of aromatic nitrogens is 2. The van der Waals surface area contributed by atoms with E-state index in [4.69, 9.17) is 4.74 Å². The Morgan fingerprint density at radius 2 is 2.08 bits per heavy atom. The van der Waals surface area contributed by atoms with Crippen molar-refractivity contribution in [1.29, 1.82) is 5.26 Å². The van der Waals surface area contributed by atoms with Crippen molar-refractivity contribution in [1.82, 2.24) is 9.97 Å². The fraction of sp³-hybridized carbons (Fsp3) is 0.450. The Morgan fingerprint density at radius 3 is 2.81 bits per heavy atom. The summed E-state index contributed by atoms with van der Waals surface area (Å²) in [6.45, 7) is 2.51. The van der Waals surface area contributed by atoms with Gasteiger partial charge in [0.1, 0.15) is 17.6 Å². The Labute approximate surface area is 153 Å². The van der Waals surface area contributed by atoms with Crippen LogP contribution in [0.5, 0.6) is 5.75 Å². The van der Waals surface area contributed by atoms with E-state index >= 15 is 0 Å². The maximum Gasteiger partial charge on any atom is 0.271 e. The van der Waals surface area contributed by atoms with Crippen LogP contribution in [0.4, 0.5) is 5.82 Å². The first-order chi connectivity index (χ1) is 12.7. The number of anilines is 1. The summed E-state index contributed by atoms with van der Waals surface area (Å²) in [7, 11) is 0. The lowest BCUT2D eigenvalue weighted by Gasteiger charge is -2.23. The lowest BCUT2D eigenvalue weighted by molar-refractivity contribution is 0.337. The number of nitrogens with zero attached hydrogens (tertiary/aromatic N) is 2. The number of benzene rings is 1. The van der Waals surface area contributed by atoms with E-state index in [1.54, 1.807) is 0 Å². The maximum absolute atomic E-state index is 12.3. The van der Waals surface area contributed by atoms with E-state index in [0.29, 0.717) is 24.7 Å². The summed E-state index contributed by atoms with van der Waals surface area (Å²) in [6.07, 6.45) is 6.10. The highest BCUT2D eigenvalue weighted by atomic mass is 16.5. The van der Waals surface area contributed by atoms with E-state index in [0.717, 1.165) is 37.0 Å². The molecule has 136 valence electrons. The molecule has 26 heavy (non-hydrogen) atoms. The summed E-state index contributed by atoms with van der Waals surface area (Å²) in [5, 5.41) is 12.7. The van der Waals surface area contributed by atoms with Gasteiger partial charge in [-0.3, -0.25) is 4.79 Å². The first-order valence-electron chi connectivity index (χ1n) is 9.21. The summed E-state index contributed by atoms with van der Waals surface area (Å²) in [6, 6.07) is 9.96. The molecule has 3 rings (SSSR count). The van der Waals surface area contributed by atoms with E-state index in [2.05, 4.69) is 15.3 Å². The zero-order chi connectivity index (χ0) is 18.4. The van der Waals surface area contributed by atoms with Gasteiger partial charge >= 0.3 is 0 Å². The molecule has 0 saturated heterocycles. The normalized spacial score (nSPS) is 14.6. The van der Waals surface area contributed by atoms with E-state index in [1.165, 1.54) is 6.42 Å². The van der Waals surface area contributed by atoms with Crippen LogP contribution in [0, 0.1) is 11.3 Å². The smallest absolute Gasteiger partial charge is 0.271 e. The molecule has 1 heterocycles. The van der Waals surface area contributed by atoms with Crippen molar-refractivity contribution in [3.05, 3.63) is 51.6 Å². The molecule has 1 aliphatic rings. The van der Waals surface area contributed by atoms with Gasteiger partial charge in [0.25, 0.3) is 5.56 Å². The second kappa shape index (κ2) is 8.52. The van der Waals surface area contributed by atoms with Gasteiger partial charge in [-0.15, -0.1) is 0 Å². The lowest BCUT2D eigenvalue weighted by atomic mass is 9.95. The summed E-state index contributed by atoms with van der Waals surface area (Å²) in [5.41, 5.74) is 0.605. The molecule has 1 aliphatic carbocycles. The minimum atomic E-state index is -0.398. The van der Waals surface area contributed by atoms with E-state index in [1.807, 2.05) is 37.3 Å². The van der Waals surface area contributed by atoms with Gasteiger partial charge in [0, 0.05) is 18.0 Å². The van der Waals surface area contributed by atoms with Crippen molar-refractivity contribution in [2.75, 3.05) is 11.9 Å². The van der Waals surface area contributed by atoms with Gasteiger partial charge < -0.3 is 15.0 Å². The highest BCUT2D eigenvalue weighted by molar-refractivity contribution is 5.51. The number of nitriles is 1. The van der Waals surface area contributed by atoms with Crippen LogP contribution >= 0.6 is 0 Å². The van der Waals surface area contributed by atoms with Crippen LogP contribution in [0.15, 0.2) is 29.1 Å². The maximum atomic E-state index is 12.3. The van der Waals surface area contributed by atoms with Gasteiger partial charge in [0.05, 0.1) is 6.61 Å². The predicted octanol–water partition coefficient (Wildman–Crippen LogP) is 3.38. The molecule has 6 heteroatoms. The number of para-hydroxylation sites is 1. The molecule has 0 atom stereocenters. The van der Waals surface area contributed by atoms with E-state index in [-0.39, 0.29) is 11.6 Å². The first-order valence-corrected chi connectivity index (χ1v) is 9.21. The second-order valence-electron chi connectivity index (χ2n) is 6.54. The second-order valence-corrected chi connectivity index (χ2v) is 6.54. The van der Waals surface area contributed by atoms with Crippen LogP contribution in [0.3, 0.4) is 0 Å². The number of rotatable bonds is 6. The number of ether oxygens (including phenoxy) is 1. The molecule has 1 saturated carbocycles. The standard InChI is InChI=1S/C20H24N4O2/c1-2-26-17-11-7-6-8-14(17)12-18-23-19(16(13-21)20(25)24-18)22-15-9-4-3-5-10-15/h6-8,11,15H,2-5,9-10,12H2,1H3,(H2,22,23,24,25). The Kier molecular flexibility index (Phi) is 5.90. The van der Waals surface area contributed by atoms with Crippen LogP contribution in [0.2, 0.25) is 0 Å². The molecule has 2 N–H and O–H groups in total. The summed E-state index contributed by atoms with van der Waals surface area (Å²) >= 11 is 0. The molecule has 0 bridgehead atoms. The number of hydrogen-bond donors (Lipinski definition) is 2. The van der Waals surface area contributed by atoms with Crippen LogP contribution in [0.1, 0.15) is 56.0 Å². The third-order valence-corrected chi connectivity index (χ3v) is 4.66. The van der Waals surface area contributed by atoms with Crippen molar-refractivity contribution in [2.45, 2.75) is 51.5 Å². The van der Waals surface area contributed by atoms with Gasteiger partial charge in [0.2, 0.25) is 0 Å². The van der Waals surface area contributed by atoms with Crippen molar-refractivity contribution in [2.24, 2.45) is 0 Å². The average Bonchev–Trinajstić information content (AvgIpc) is 2.64. The number of aromatic amines is 1. The minimum Gasteiger partial charge on any atom is -0.494 e. The van der Waals surface area contributed by atoms with Gasteiger partial charge in [-0.25, -0.2) is 4.98 Å². The molecule has 1 fully saturated rings. The van der Waals surface area contributed by atoms with Gasteiger partial charge in [0.15, 0.2) is 11.4 Å². The predicted molar refractivity (Wildman–Crippen MR) is 100 cm³/mol. The molecule has 0 spiro atoms. The third kappa shape index (κ3) is 4.23.